The highest BCUT2D eigenvalue weighted by molar-refractivity contribution is 6.21. The molecule has 1 N–H and O–H groups in total. The van der Waals surface area contributed by atoms with Gasteiger partial charge in [-0.05, 0) is 12.8 Å². The zero-order valence-corrected chi connectivity index (χ0v) is 7.56. The van der Waals surface area contributed by atoms with Crippen LogP contribution in [-0.2, 0) is 0 Å². The third-order valence-corrected chi connectivity index (χ3v) is 2.08. The number of halogens is 1. The van der Waals surface area contributed by atoms with Gasteiger partial charge in [-0.3, -0.25) is 0 Å². The summed E-state index contributed by atoms with van der Waals surface area (Å²) in [6.07, 6.45) is 3.51. The van der Waals surface area contributed by atoms with Crippen LogP contribution in [0, 0.1) is 0 Å². The Morgan fingerprint density at radius 1 is 1.20 bits per heavy atom. The maximum Gasteiger partial charge on any atom is 0.0703 e. The van der Waals surface area contributed by atoms with Gasteiger partial charge in [-0.2, -0.15) is 0 Å². The molecule has 10 heavy (non-hydrogen) atoms. The van der Waals surface area contributed by atoms with E-state index in [2.05, 4.69) is 13.8 Å². The average molecular weight is 165 g/mol. The van der Waals surface area contributed by atoms with Crippen LogP contribution in [-0.4, -0.2) is 16.6 Å². The lowest BCUT2D eigenvalue weighted by molar-refractivity contribution is 0.154. The third kappa shape index (κ3) is 4.13. The Balaban J connectivity index is 3.38. The molecule has 0 fully saturated rings. The second kappa shape index (κ2) is 5.99. The van der Waals surface area contributed by atoms with Crippen molar-refractivity contribution in [2.24, 2.45) is 0 Å². The molecule has 62 valence electrons. The molecule has 0 heterocycles. The van der Waals surface area contributed by atoms with Crippen molar-refractivity contribution in [1.29, 1.82) is 0 Å². The molecule has 0 saturated heterocycles. The zero-order chi connectivity index (χ0) is 7.98. The van der Waals surface area contributed by atoms with Gasteiger partial charge in [0.1, 0.15) is 0 Å². The predicted molar refractivity (Wildman–Crippen MR) is 45.5 cm³/mol. The first-order valence-electron chi connectivity index (χ1n) is 4.04. The fourth-order valence-corrected chi connectivity index (χ4v) is 1.29. The van der Waals surface area contributed by atoms with Crippen LogP contribution in [0.5, 0.6) is 0 Å². The maximum atomic E-state index is 9.32. The van der Waals surface area contributed by atoms with E-state index in [1.165, 1.54) is 0 Å². The minimum atomic E-state index is -0.299. The summed E-state index contributed by atoms with van der Waals surface area (Å²) in [5, 5.41) is 9.28. The van der Waals surface area contributed by atoms with E-state index >= 15 is 0 Å². The normalized spacial score (nSPS) is 16.8. The van der Waals surface area contributed by atoms with Gasteiger partial charge in [-0.15, -0.1) is 11.6 Å². The number of alkyl halides is 1. The number of rotatable bonds is 5. The molecule has 0 rings (SSSR count). The van der Waals surface area contributed by atoms with Crippen LogP contribution in [0.15, 0.2) is 0 Å². The first-order valence-corrected chi connectivity index (χ1v) is 4.48. The van der Waals surface area contributed by atoms with Crippen LogP contribution >= 0.6 is 11.6 Å². The lowest BCUT2D eigenvalue weighted by Gasteiger charge is -2.14. The lowest BCUT2D eigenvalue weighted by Crippen LogP contribution is -2.19. The van der Waals surface area contributed by atoms with Crippen molar-refractivity contribution in [3.05, 3.63) is 0 Å². The fraction of sp³-hybridized carbons (Fsp3) is 1.00. The molecular weight excluding hydrogens is 148 g/mol. The van der Waals surface area contributed by atoms with Gasteiger partial charge >= 0.3 is 0 Å². The predicted octanol–water partition coefficient (Wildman–Crippen LogP) is 2.55. The molecule has 0 aromatic carbocycles. The van der Waals surface area contributed by atoms with E-state index in [1.807, 2.05) is 0 Å². The number of aliphatic hydroxyl groups is 1. The fourth-order valence-electron chi connectivity index (χ4n) is 0.945. The van der Waals surface area contributed by atoms with Crippen LogP contribution in [0.3, 0.4) is 0 Å². The average Bonchev–Trinajstić information content (AvgIpc) is 1.89. The molecule has 2 heteroatoms. The van der Waals surface area contributed by atoms with Gasteiger partial charge in [0.15, 0.2) is 0 Å². The minimum absolute atomic E-state index is 0.0371. The first-order chi connectivity index (χ1) is 4.72. The highest BCUT2D eigenvalue weighted by Crippen LogP contribution is 2.13. The summed E-state index contributed by atoms with van der Waals surface area (Å²) in [6.45, 7) is 4.13. The number of hydrogen-bond donors (Lipinski definition) is 1. The van der Waals surface area contributed by atoms with Gasteiger partial charge in [-0.1, -0.05) is 26.7 Å². The number of aliphatic hydroxyl groups excluding tert-OH is 1. The molecule has 1 nitrogen and oxygen atoms in total. The second-order valence-electron chi connectivity index (χ2n) is 2.66. The van der Waals surface area contributed by atoms with Crippen LogP contribution in [0.25, 0.3) is 0 Å². The second-order valence-corrected chi connectivity index (χ2v) is 3.22. The van der Waals surface area contributed by atoms with Gasteiger partial charge in [0, 0.05) is 0 Å². The highest BCUT2D eigenvalue weighted by Gasteiger charge is 2.13. The van der Waals surface area contributed by atoms with Crippen molar-refractivity contribution in [3.63, 3.8) is 0 Å². The topological polar surface area (TPSA) is 20.2 Å². The monoisotopic (exact) mass is 164 g/mol. The first kappa shape index (κ1) is 10.2. The Hall–Kier alpha value is 0.250. The largest absolute Gasteiger partial charge is 0.392 e. The van der Waals surface area contributed by atoms with Crippen LogP contribution in [0.2, 0.25) is 0 Å². The zero-order valence-electron chi connectivity index (χ0n) is 6.81. The minimum Gasteiger partial charge on any atom is -0.392 e. The summed E-state index contributed by atoms with van der Waals surface area (Å²) in [7, 11) is 0. The summed E-state index contributed by atoms with van der Waals surface area (Å²) in [6, 6.07) is 0. The smallest absolute Gasteiger partial charge is 0.0703 e. The Kier molecular flexibility index (Phi) is 6.14. The van der Waals surface area contributed by atoms with E-state index in [1.54, 1.807) is 0 Å². The quantitative estimate of drug-likeness (QED) is 0.620. The maximum absolute atomic E-state index is 9.32. The molecule has 0 spiro atoms. The summed E-state index contributed by atoms with van der Waals surface area (Å²) in [4.78, 5) is 0. The van der Waals surface area contributed by atoms with Gasteiger partial charge in [0.05, 0.1) is 11.5 Å². The highest BCUT2D eigenvalue weighted by atomic mass is 35.5. The molecule has 0 radical (unpaired) electrons. The summed E-state index contributed by atoms with van der Waals surface area (Å²) in [5.41, 5.74) is 0. The van der Waals surface area contributed by atoms with Gasteiger partial charge in [-0.25, -0.2) is 0 Å². The van der Waals surface area contributed by atoms with E-state index in [4.69, 9.17) is 11.6 Å². The third-order valence-electron chi connectivity index (χ3n) is 1.57. The van der Waals surface area contributed by atoms with Crippen LogP contribution < -0.4 is 0 Å². The van der Waals surface area contributed by atoms with Crippen molar-refractivity contribution in [1.82, 2.24) is 0 Å². The molecule has 2 atom stereocenters. The number of hydrogen-bond acceptors (Lipinski definition) is 1. The van der Waals surface area contributed by atoms with Crippen LogP contribution in [0.4, 0.5) is 0 Å². The Morgan fingerprint density at radius 3 is 2.10 bits per heavy atom. The van der Waals surface area contributed by atoms with Crippen molar-refractivity contribution in [2.75, 3.05) is 0 Å². The summed E-state index contributed by atoms with van der Waals surface area (Å²) >= 11 is 5.86. The Labute approximate surface area is 68.4 Å². The SMILES string of the molecule is CCC[C@@H](O)[C@@H](Cl)CCC. The van der Waals surface area contributed by atoms with E-state index in [0.717, 1.165) is 25.7 Å². The van der Waals surface area contributed by atoms with Crippen molar-refractivity contribution in [2.45, 2.75) is 51.0 Å². The molecule has 0 aliphatic rings. The Bertz CT molecular complexity index is 65.7. The molecule has 0 amide bonds. The standard InChI is InChI=1S/C8H17ClO/c1-3-5-7(9)8(10)6-4-2/h7-8,10H,3-6H2,1-2H3/t7-,8+/m0/s1. The summed E-state index contributed by atoms with van der Waals surface area (Å²) in [5.74, 6) is 0. The summed E-state index contributed by atoms with van der Waals surface area (Å²) < 4.78 is 0. The molecule has 0 saturated carbocycles. The molecule has 0 bridgehead atoms. The molecule has 0 unspecified atom stereocenters. The Morgan fingerprint density at radius 2 is 1.70 bits per heavy atom. The van der Waals surface area contributed by atoms with E-state index < -0.39 is 0 Å². The van der Waals surface area contributed by atoms with Gasteiger partial charge in [0.2, 0.25) is 0 Å². The lowest BCUT2D eigenvalue weighted by atomic mass is 10.1. The molecular formula is C8H17ClO. The molecule has 0 aliphatic heterocycles. The van der Waals surface area contributed by atoms with E-state index in [0.29, 0.717) is 0 Å². The van der Waals surface area contributed by atoms with Crippen LogP contribution in [0.1, 0.15) is 39.5 Å². The molecule has 0 aromatic rings. The van der Waals surface area contributed by atoms with Crippen molar-refractivity contribution >= 4 is 11.6 Å². The van der Waals surface area contributed by atoms with Crippen molar-refractivity contribution in [3.8, 4) is 0 Å². The van der Waals surface area contributed by atoms with Crippen molar-refractivity contribution < 1.29 is 5.11 Å². The molecule has 0 aromatic heterocycles. The van der Waals surface area contributed by atoms with E-state index in [-0.39, 0.29) is 11.5 Å². The van der Waals surface area contributed by atoms with Gasteiger partial charge < -0.3 is 5.11 Å². The molecule has 0 aliphatic carbocycles. The van der Waals surface area contributed by atoms with E-state index in [9.17, 15) is 5.11 Å². The van der Waals surface area contributed by atoms with Gasteiger partial charge in [0.25, 0.3) is 0 Å².